The van der Waals surface area contributed by atoms with Crippen LogP contribution in [-0.4, -0.2) is 111 Å². The molecule has 0 amide bonds. The van der Waals surface area contributed by atoms with E-state index in [1.54, 1.807) is 69.3 Å². The Morgan fingerprint density at radius 3 is 1.31 bits per heavy atom. The fourth-order valence-electron chi connectivity index (χ4n) is 9.39. The van der Waals surface area contributed by atoms with Crippen LogP contribution in [0.5, 0.6) is 23.0 Å². The first kappa shape index (κ1) is 69.8. The number of nitrogens with zero attached hydrogens (tertiary/aromatic N) is 2. The first-order valence-corrected chi connectivity index (χ1v) is 30.2. The number of anilines is 1. The van der Waals surface area contributed by atoms with Gasteiger partial charge in [0.2, 0.25) is 0 Å². The maximum Gasteiger partial charge on any atom is 0.330 e. The van der Waals surface area contributed by atoms with Gasteiger partial charge in [0.05, 0.1) is 80.2 Å². The molecule has 6 rings (SSSR count). The highest BCUT2D eigenvalue weighted by atomic mass is 32.2. The molecule has 25 heteroatoms. The number of nitrogens with one attached hydrogen (secondary N) is 1. The number of benzene rings is 3. The van der Waals surface area contributed by atoms with Crippen molar-refractivity contribution in [1.82, 2.24) is 0 Å². The van der Waals surface area contributed by atoms with Gasteiger partial charge in [-0.05, 0) is 120 Å². The van der Waals surface area contributed by atoms with E-state index in [2.05, 4.69) is 18.5 Å². The van der Waals surface area contributed by atoms with Crippen LogP contribution in [0.4, 0.5) is 5.69 Å². The second-order valence-corrected chi connectivity index (χ2v) is 22.4. The van der Waals surface area contributed by atoms with Crippen molar-refractivity contribution in [3.05, 3.63) is 108 Å². The summed E-state index contributed by atoms with van der Waals surface area (Å²) in [6.45, 7) is 11.5. The van der Waals surface area contributed by atoms with Gasteiger partial charge in [-0.3, -0.25) is 38.4 Å². The zero-order chi connectivity index (χ0) is 65.1. The number of carbonyl (C=O) groups is 10. The van der Waals surface area contributed by atoms with E-state index >= 15 is 0 Å². The van der Waals surface area contributed by atoms with E-state index in [0.29, 0.717) is 80.6 Å². The highest BCUT2D eigenvalue weighted by Crippen LogP contribution is 2.52. The molecule has 3 atom stereocenters. The fourth-order valence-corrected chi connectivity index (χ4v) is 10.4. The molecule has 90 heavy (non-hydrogen) atoms. The number of hydrogen-bond acceptors (Lipinski definition) is 25. The highest BCUT2D eigenvalue weighted by Gasteiger charge is 2.37. The van der Waals surface area contributed by atoms with Gasteiger partial charge in [-0.1, -0.05) is 49.2 Å². The molecule has 3 unspecified atom stereocenters. The molecule has 1 N–H and O–H groups in total. The third kappa shape index (κ3) is 22.7. The van der Waals surface area contributed by atoms with Gasteiger partial charge in [-0.25, -0.2) is 9.59 Å². The number of ether oxygens (including phenoxy) is 11. The Hall–Kier alpha value is -9.33. The Kier molecular flexibility index (Phi) is 27.6. The minimum absolute atomic E-state index is 0.0128. The topological polar surface area (TPSA) is 332 Å². The minimum atomic E-state index is -0.701. The van der Waals surface area contributed by atoms with Gasteiger partial charge in [0.25, 0.3) is 0 Å². The van der Waals surface area contributed by atoms with Crippen molar-refractivity contribution >= 4 is 77.1 Å². The summed E-state index contributed by atoms with van der Waals surface area (Å²) in [6, 6.07) is 20.0. The Morgan fingerprint density at radius 1 is 0.511 bits per heavy atom. The van der Waals surface area contributed by atoms with Gasteiger partial charge in [-0.2, -0.15) is 10.5 Å². The third-order valence-electron chi connectivity index (χ3n) is 14.4. The number of esters is 10. The number of thioether (sulfide) groups is 1. The summed E-state index contributed by atoms with van der Waals surface area (Å²) in [7, 11) is 0. The van der Waals surface area contributed by atoms with Crippen molar-refractivity contribution in [3.63, 3.8) is 0 Å². The summed E-state index contributed by atoms with van der Waals surface area (Å²) in [5.41, 5.74) is 1.58. The average molecular weight is 1260 g/mol. The lowest BCUT2D eigenvalue weighted by molar-refractivity contribution is -0.157. The lowest BCUT2D eigenvalue weighted by Crippen LogP contribution is -2.30. The summed E-state index contributed by atoms with van der Waals surface area (Å²) < 4.78 is 59.3. The number of carbonyl (C=O) groups excluding carboxylic acids is 10. The van der Waals surface area contributed by atoms with Gasteiger partial charge >= 0.3 is 59.7 Å². The molecule has 1 aliphatic heterocycles. The summed E-state index contributed by atoms with van der Waals surface area (Å²) in [6.07, 6.45) is 2.94. The minimum Gasteiger partial charge on any atom is -0.465 e. The summed E-state index contributed by atoms with van der Waals surface area (Å²) in [4.78, 5) is 125. The monoisotopic (exact) mass is 1260 g/mol. The third-order valence-corrected chi connectivity index (χ3v) is 15.5. The first-order valence-electron chi connectivity index (χ1n) is 29.4. The number of allylic oxidation sites excluding steroid dienone is 1. The van der Waals surface area contributed by atoms with E-state index in [0.717, 1.165) is 35.0 Å². The number of fused-ring (bicyclic) bond motifs is 1. The lowest BCUT2D eigenvalue weighted by Gasteiger charge is -2.26. The summed E-state index contributed by atoms with van der Waals surface area (Å²) >= 11 is 0.972. The predicted molar refractivity (Wildman–Crippen MR) is 317 cm³/mol. The summed E-state index contributed by atoms with van der Waals surface area (Å²) in [5, 5.41) is 22.5. The van der Waals surface area contributed by atoms with Gasteiger partial charge in [0, 0.05) is 25.0 Å². The van der Waals surface area contributed by atoms with Crippen molar-refractivity contribution in [2.24, 2.45) is 23.7 Å². The molecule has 1 heterocycles. The second kappa shape index (κ2) is 35.6. The van der Waals surface area contributed by atoms with Crippen LogP contribution in [-0.2, 0) is 93.9 Å². The number of rotatable bonds is 31. The van der Waals surface area contributed by atoms with Gasteiger partial charge < -0.3 is 57.4 Å². The largest absolute Gasteiger partial charge is 0.465 e. The average Bonchev–Trinajstić information content (AvgIpc) is 1.75. The molecule has 0 spiro atoms. The standard InChI is InChI=1S/C65H71N3O21S/c1-6-53(69)82-36-39(3)81-37-40(4)84-57(73)28-26-55(71)79-32-30-42-8-20-49(21-9-42)86-62(75)44-12-16-46(17-13-44)64(77)88-51-24-25-52(60-59(51)68-61(90-60)48(34-66)35-67)89-65(78)47-18-14-45(15-19-47)63(76)87-50-22-10-43(11-23-50)31-33-80-56(72)27-29-58(74)85-41(5)38-83-54(70)7-2/h6-11,20-25,39-41,44-47,68H,1-2,12-19,26-33,36-38H2,3-5H3. The van der Waals surface area contributed by atoms with Crippen LogP contribution in [0.1, 0.15) is 109 Å². The van der Waals surface area contributed by atoms with Gasteiger partial charge in [-0.15, -0.1) is 0 Å². The van der Waals surface area contributed by atoms with E-state index in [-0.39, 0.29) is 86.5 Å². The second-order valence-electron chi connectivity index (χ2n) is 21.3. The SMILES string of the molecule is C=CC(=O)OCC(C)OCC(C)OC(=O)CCC(=O)OCCc1ccc(OC(=O)C2CCC(C(=O)Oc3ccc(OC(=O)C4CCC(C(=O)Oc5ccc(CCOC(=O)CCC(=O)OC(C)COC(=O)C=C)cc5)CC4)c4c3NC(=C(C#N)C#N)S4)CC2)cc1. The van der Waals surface area contributed by atoms with Crippen molar-refractivity contribution in [2.75, 3.05) is 38.4 Å². The highest BCUT2D eigenvalue weighted by molar-refractivity contribution is 8.03. The summed E-state index contributed by atoms with van der Waals surface area (Å²) in [5.74, 6) is -6.97. The maximum atomic E-state index is 13.7. The number of hydrogen-bond donors (Lipinski definition) is 1. The van der Waals surface area contributed by atoms with Crippen LogP contribution >= 0.6 is 11.8 Å². The molecule has 2 aliphatic carbocycles. The molecule has 0 saturated heterocycles. The van der Waals surface area contributed by atoms with Crippen LogP contribution in [0.2, 0.25) is 0 Å². The fraction of sp³-hybridized carbons (Fsp3) is 0.446. The molecule has 24 nitrogen and oxygen atoms in total. The van der Waals surface area contributed by atoms with E-state index in [4.69, 9.17) is 52.1 Å². The molecule has 0 aromatic heterocycles. The zero-order valence-electron chi connectivity index (χ0n) is 50.2. The first-order chi connectivity index (χ1) is 43.2. The van der Waals surface area contributed by atoms with E-state index in [9.17, 15) is 58.5 Å². The smallest absolute Gasteiger partial charge is 0.330 e. The van der Waals surface area contributed by atoms with Crippen molar-refractivity contribution in [2.45, 2.75) is 134 Å². The molecule has 478 valence electrons. The van der Waals surface area contributed by atoms with Crippen molar-refractivity contribution < 1.29 is 100 Å². The molecular weight excluding hydrogens is 1190 g/mol. The van der Waals surface area contributed by atoms with Gasteiger partial charge in [0.15, 0.2) is 11.3 Å². The maximum absolute atomic E-state index is 13.7. The predicted octanol–water partition coefficient (Wildman–Crippen LogP) is 8.56. The van der Waals surface area contributed by atoms with Crippen LogP contribution in [0.3, 0.4) is 0 Å². The number of nitriles is 2. The molecule has 3 aromatic rings. The Labute approximate surface area is 524 Å². The van der Waals surface area contributed by atoms with Crippen molar-refractivity contribution in [3.8, 4) is 35.1 Å². The molecule has 0 bridgehead atoms. The molecule has 0 radical (unpaired) electrons. The van der Waals surface area contributed by atoms with E-state index in [1.807, 2.05) is 12.1 Å². The Balaban J connectivity index is 0.886. The van der Waals surface area contributed by atoms with Crippen molar-refractivity contribution in [1.29, 1.82) is 10.5 Å². The molecular formula is C65H71N3O21S. The molecule has 2 fully saturated rings. The van der Waals surface area contributed by atoms with Crippen LogP contribution in [0.25, 0.3) is 0 Å². The lowest BCUT2D eigenvalue weighted by atomic mass is 9.82. The Bertz CT molecular complexity index is 3210. The molecule has 3 aliphatic rings. The van der Waals surface area contributed by atoms with Gasteiger partial charge in [0.1, 0.15) is 65.5 Å². The van der Waals surface area contributed by atoms with E-state index in [1.165, 1.54) is 12.1 Å². The van der Waals surface area contributed by atoms with Crippen LogP contribution in [0, 0.1) is 46.3 Å². The van der Waals surface area contributed by atoms with Crippen LogP contribution < -0.4 is 24.3 Å². The Morgan fingerprint density at radius 2 is 0.889 bits per heavy atom. The quantitative estimate of drug-likeness (QED) is 0.0207. The zero-order valence-corrected chi connectivity index (χ0v) is 51.0. The van der Waals surface area contributed by atoms with Crippen LogP contribution in [0.15, 0.2) is 101 Å². The molecule has 2 saturated carbocycles. The normalized spacial score (nSPS) is 17.4. The van der Waals surface area contributed by atoms with E-state index < -0.39 is 102 Å². The molecule has 3 aromatic carbocycles.